The van der Waals surface area contributed by atoms with Gasteiger partial charge in [0.2, 0.25) is 0 Å². The fourth-order valence-electron chi connectivity index (χ4n) is 7.51. The van der Waals surface area contributed by atoms with Crippen LogP contribution in [0.2, 0.25) is 0 Å². The normalized spacial score (nSPS) is 24.6. The predicted octanol–water partition coefficient (Wildman–Crippen LogP) is 5.32. The molecule has 2 bridgehead atoms. The Hall–Kier alpha value is -4.15. The van der Waals surface area contributed by atoms with Crippen molar-refractivity contribution < 1.29 is 17.9 Å². The first-order valence-corrected chi connectivity index (χ1v) is 15.6. The average Bonchev–Trinajstić information content (AvgIpc) is 3.74. The number of hydrogen-bond acceptors (Lipinski definition) is 10. The number of alkyl halides is 3. The molecule has 3 N–H and O–H groups in total. The number of nitrogens with one attached hydrogen (secondary N) is 1. The SMILES string of the molecule is N#Cc1c(N)sc2cccc(-c3ncc4c(N5CC6=CCC(C5)N6)nc(OC[C@@]56CCCN5C[C@H](F)C6)nc4c3C(F)F)c12. The van der Waals surface area contributed by atoms with E-state index in [1.165, 1.54) is 17.5 Å². The molecule has 3 atom stereocenters. The molecule has 13 heteroatoms. The summed E-state index contributed by atoms with van der Waals surface area (Å²) in [7, 11) is 0. The third-order valence-corrected chi connectivity index (χ3v) is 10.4. The van der Waals surface area contributed by atoms with Gasteiger partial charge in [0.05, 0.1) is 39.8 Å². The highest BCUT2D eigenvalue weighted by Gasteiger charge is 2.49. The van der Waals surface area contributed by atoms with Gasteiger partial charge < -0.3 is 20.7 Å². The monoisotopic (exact) mass is 618 g/mol. The van der Waals surface area contributed by atoms with Crippen molar-refractivity contribution in [2.75, 3.05) is 43.4 Å². The molecule has 1 aromatic carbocycles. The molecule has 7 heterocycles. The number of fused-ring (bicyclic) bond motifs is 5. The van der Waals surface area contributed by atoms with Crippen LogP contribution in [0.4, 0.5) is 24.0 Å². The van der Waals surface area contributed by atoms with Gasteiger partial charge in [0.15, 0.2) is 0 Å². The highest BCUT2D eigenvalue weighted by molar-refractivity contribution is 7.23. The van der Waals surface area contributed by atoms with Crippen LogP contribution in [0.1, 0.15) is 43.2 Å². The van der Waals surface area contributed by atoms with Gasteiger partial charge >= 0.3 is 6.01 Å². The van der Waals surface area contributed by atoms with Gasteiger partial charge in [0, 0.05) is 53.1 Å². The number of halogens is 3. The minimum atomic E-state index is -2.94. The van der Waals surface area contributed by atoms with E-state index in [9.17, 15) is 9.65 Å². The molecule has 8 rings (SSSR count). The number of aromatic nitrogens is 3. The Morgan fingerprint density at radius 3 is 2.98 bits per heavy atom. The van der Waals surface area contributed by atoms with Crippen LogP contribution in [0.3, 0.4) is 0 Å². The molecule has 226 valence electrons. The fraction of sp³-hybridized carbons (Fsp3) is 0.419. The largest absolute Gasteiger partial charge is 0.461 e. The number of ether oxygens (including phenoxy) is 1. The first-order valence-electron chi connectivity index (χ1n) is 14.8. The van der Waals surface area contributed by atoms with Gasteiger partial charge in [-0.3, -0.25) is 9.88 Å². The maximum atomic E-state index is 15.2. The minimum Gasteiger partial charge on any atom is -0.461 e. The molecule has 0 amide bonds. The zero-order valence-electron chi connectivity index (χ0n) is 23.7. The number of nitrogen functional groups attached to an aromatic ring is 1. The van der Waals surface area contributed by atoms with E-state index in [0.717, 1.165) is 31.5 Å². The maximum absolute atomic E-state index is 15.2. The van der Waals surface area contributed by atoms with Gasteiger partial charge in [-0.15, -0.1) is 11.3 Å². The third-order valence-electron chi connectivity index (χ3n) is 9.44. The summed E-state index contributed by atoms with van der Waals surface area (Å²) in [5.41, 5.74) is 7.07. The van der Waals surface area contributed by atoms with E-state index in [0.29, 0.717) is 57.9 Å². The number of rotatable bonds is 6. The standard InChI is InChI=1S/C31H29F3N8OS/c32-16-9-31(7-2-8-42(31)12-16)15-43-30-39-26-21(29(40-30)41-13-17-5-6-18(14-41)38-17)11-37-25(24(26)27(33)34)19-3-1-4-22-23(19)20(10-35)28(36)44-22/h1,3-5,11,16,18,27,38H,2,6-9,12-15,36H2/t16-,18?,31+/m1/s1. The Labute approximate surface area is 255 Å². The first kappa shape index (κ1) is 27.4. The highest BCUT2D eigenvalue weighted by atomic mass is 32.1. The van der Waals surface area contributed by atoms with Gasteiger partial charge in [0.25, 0.3) is 6.43 Å². The van der Waals surface area contributed by atoms with Crippen LogP contribution >= 0.6 is 11.3 Å². The Balaban J connectivity index is 1.30. The van der Waals surface area contributed by atoms with Crippen LogP contribution < -0.4 is 20.7 Å². The lowest BCUT2D eigenvalue weighted by molar-refractivity contribution is 0.107. The van der Waals surface area contributed by atoms with E-state index in [4.69, 9.17) is 15.5 Å². The van der Waals surface area contributed by atoms with Crippen LogP contribution in [0.15, 0.2) is 36.2 Å². The molecule has 4 aliphatic rings. The maximum Gasteiger partial charge on any atom is 0.319 e. The van der Waals surface area contributed by atoms with E-state index in [1.54, 1.807) is 18.2 Å². The number of nitrogens with two attached hydrogens (primary N) is 1. The van der Waals surface area contributed by atoms with Crippen LogP contribution in [-0.4, -0.2) is 70.4 Å². The highest BCUT2D eigenvalue weighted by Crippen LogP contribution is 2.45. The Bertz CT molecular complexity index is 1890. The summed E-state index contributed by atoms with van der Waals surface area (Å²) in [6.45, 7) is 2.51. The van der Waals surface area contributed by atoms with Gasteiger partial charge in [-0.25, -0.2) is 13.2 Å². The zero-order valence-corrected chi connectivity index (χ0v) is 24.5. The molecule has 0 aliphatic carbocycles. The van der Waals surface area contributed by atoms with Gasteiger partial charge in [-0.2, -0.15) is 15.2 Å². The van der Waals surface area contributed by atoms with Crippen LogP contribution in [0.5, 0.6) is 6.01 Å². The summed E-state index contributed by atoms with van der Waals surface area (Å²) >= 11 is 1.23. The number of thiophene rings is 1. The summed E-state index contributed by atoms with van der Waals surface area (Å²) < 4.78 is 51.8. The molecule has 3 saturated heterocycles. The molecule has 1 unspecified atom stereocenters. The predicted molar refractivity (Wildman–Crippen MR) is 163 cm³/mol. The molecule has 3 fully saturated rings. The summed E-state index contributed by atoms with van der Waals surface area (Å²) in [5, 5.41) is 14.5. The van der Waals surface area contributed by atoms with E-state index in [1.807, 2.05) is 0 Å². The number of benzene rings is 1. The number of nitrogens with zero attached hydrogens (tertiary/aromatic N) is 6. The van der Waals surface area contributed by atoms with Gasteiger partial charge in [0.1, 0.15) is 29.7 Å². The molecule has 4 aliphatic heterocycles. The van der Waals surface area contributed by atoms with Crippen molar-refractivity contribution in [2.24, 2.45) is 0 Å². The molecule has 9 nitrogen and oxygen atoms in total. The Kier molecular flexibility index (Phi) is 6.36. The first-order chi connectivity index (χ1) is 21.3. The van der Waals surface area contributed by atoms with Crippen LogP contribution in [-0.2, 0) is 0 Å². The number of hydrogen-bond donors (Lipinski definition) is 2. The van der Waals surface area contributed by atoms with E-state index >= 15 is 8.78 Å². The van der Waals surface area contributed by atoms with Crippen molar-refractivity contribution in [1.82, 2.24) is 25.2 Å². The van der Waals surface area contributed by atoms with Crippen molar-refractivity contribution in [3.05, 3.63) is 47.3 Å². The van der Waals surface area contributed by atoms with E-state index < -0.39 is 18.1 Å². The van der Waals surface area contributed by atoms with Gasteiger partial charge in [-0.05, 0) is 31.9 Å². The molecule has 0 saturated carbocycles. The summed E-state index contributed by atoms with van der Waals surface area (Å²) in [6, 6.07) is 7.52. The molecule has 44 heavy (non-hydrogen) atoms. The molecular weight excluding hydrogens is 589 g/mol. The quantitative estimate of drug-likeness (QED) is 0.296. The number of anilines is 2. The molecular formula is C31H29F3N8OS. The van der Waals surface area contributed by atoms with Crippen molar-refractivity contribution in [3.8, 4) is 23.3 Å². The zero-order chi connectivity index (χ0) is 30.2. The molecule has 0 spiro atoms. The number of piperazine rings is 1. The molecule has 0 radical (unpaired) electrons. The van der Waals surface area contributed by atoms with Crippen LogP contribution in [0.25, 0.3) is 32.2 Å². The Morgan fingerprint density at radius 1 is 1.27 bits per heavy atom. The lowest BCUT2D eigenvalue weighted by Crippen LogP contribution is -2.46. The van der Waals surface area contributed by atoms with Crippen molar-refractivity contribution in [1.29, 1.82) is 5.26 Å². The summed E-state index contributed by atoms with van der Waals surface area (Å²) in [5.74, 6) is 0.469. The Morgan fingerprint density at radius 2 is 2.16 bits per heavy atom. The minimum absolute atomic E-state index is 0.0226. The average molecular weight is 619 g/mol. The summed E-state index contributed by atoms with van der Waals surface area (Å²) in [6.07, 6.45) is 2.80. The molecule has 3 aromatic heterocycles. The fourth-order valence-corrected chi connectivity index (χ4v) is 8.46. The smallest absolute Gasteiger partial charge is 0.319 e. The lowest BCUT2D eigenvalue weighted by atomic mass is 9.95. The van der Waals surface area contributed by atoms with Crippen molar-refractivity contribution in [2.45, 2.75) is 49.9 Å². The second kappa shape index (κ2) is 10.2. The summed E-state index contributed by atoms with van der Waals surface area (Å²) in [4.78, 5) is 18.1. The lowest BCUT2D eigenvalue weighted by Gasteiger charge is -2.34. The third kappa shape index (κ3) is 4.26. The van der Waals surface area contributed by atoms with Gasteiger partial charge in [-0.1, -0.05) is 18.2 Å². The topological polar surface area (TPSA) is 116 Å². The molecule has 4 aromatic rings. The number of pyridine rings is 1. The number of nitriles is 1. The van der Waals surface area contributed by atoms with E-state index in [-0.39, 0.29) is 41.0 Å². The second-order valence-corrected chi connectivity index (χ2v) is 13.2. The van der Waals surface area contributed by atoms with Crippen molar-refractivity contribution in [3.63, 3.8) is 0 Å². The second-order valence-electron chi connectivity index (χ2n) is 12.1. The van der Waals surface area contributed by atoms with Crippen LogP contribution in [0, 0.1) is 11.3 Å². The van der Waals surface area contributed by atoms with E-state index in [2.05, 4.69) is 37.2 Å². The van der Waals surface area contributed by atoms with Crippen molar-refractivity contribution >= 4 is 43.1 Å².